The van der Waals surface area contributed by atoms with E-state index in [1.807, 2.05) is 0 Å². The number of likely N-dealkylation sites (tertiary alicyclic amines) is 1. The number of urea groups is 1. The molecule has 2 aliphatic heterocycles. The van der Waals surface area contributed by atoms with Crippen molar-refractivity contribution in [2.24, 2.45) is 0 Å². The van der Waals surface area contributed by atoms with Gasteiger partial charge < -0.3 is 25.6 Å². The highest BCUT2D eigenvalue weighted by Gasteiger charge is 2.35. The number of alkyl halides is 3. The summed E-state index contributed by atoms with van der Waals surface area (Å²) in [7, 11) is 1.50. The third-order valence-corrected chi connectivity index (χ3v) is 4.81. The molecule has 0 saturated carbocycles. The molecule has 0 aromatic heterocycles. The Balaban J connectivity index is 1.64. The van der Waals surface area contributed by atoms with Gasteiger partial charge in [-0.25, -0.2) is 14.6 Å². The van der Waals surface area contributed by atoms with Gasteiger partial charge in [0.15, 0.2) is 0 Å². The van der Waals surface area contributed by atoms with Crippen LogP contribution in [-0.4, -0.2) is 59.4 Å². The highest BCUT2D eigenvalue weighted by atomic mass is 19.4. The minimum atomic E-state index is -4.89. The predicted molar refractivity (Wildman–Crippen MR) is 98.1 cm³/mol. The first-order chi connectivity index (χ1) is 14.0. The molecule has 164 valence electrons. The zero-order chi connectivity index (χ0) is 22.1. The molecule has 2 heterocycles. The number of nitrogens with one attached hydrogen (secondary N) is 3. The number of piperidine rings is 1. The molecule has 3 amide bonds. The molecule has 1 unspecified atom stereocenters. The Morgan fingerprint density at radius 1 is 1.23 bits per heavy atom. The lowest BCUT2D eigenvalue weighted by molar-refractivity contribution is -0.140. The molecule has 3 rings (SSSR count). The van der Waals surface area contributed by atoms with Crippen LogP contribution in [0.5, 0.6) is 0 Å². The number of carbonyl (C=O) groups is 2. The van der Waals surface area contributed by atoms with Gasteiger partial charge in [0.2, 0.25) is 0 Å². The van der Waals surface area contributed by atoms with Crippen LogP contribution in [0.4, 0.5) is 28.0 Å². The second-order valence-electron chi connectivity index (χ2n) is 7.03. The fourth-order valence-corrected chi connectivity index (χ4v) is 3.20. The molecule has 1 aromatic rings. The highest BCUT2D eigenvalue weighted by Crippen LogP contribution is 2.33. The van der Waals surface area contributed by atoms with Crippen molar-refractivity contribution in [3.05, 3.63) is 41.4 Å². The summed E-state index contributed by atoms with van der Waals surface area (Å²) in [5.74, 6) is -2.17. The second-order valence-corrected chi connectivity index (χ2v) is 7.03. The van der Waals surface area contributed by atoms with Crippen molar-refractivity contribution in [1.82, 2.24) is 20.7 Å². The third-order valence-electron chi connectivity index (χ3n) is 4.81. The summed E-state index contributed by atoms with van der Waals surface area (Å²) in [6.07, 6.45) is -3.67. The summed E-state index contributed by atoms with van der Waals surface area (Å²) < 4.78 is 51.9. The van der Waals surface area contributed by atoms with Crippen LogP contribution in [0.15, 0.2) is 30.0 Å². The number of hydrogen-bond donors (Lipinski definition) is 4. The van der Waals surface area contributed by atoms with Crippen LogP contribution in [0.1, 0.15) is 18.4 Å². The van der Waals surface area contributed by atoms with E-state index in [-0.39, 0.29) is 17.4 Å². The number of likely N-dealkylation sites (N-methyl/N-ethyl adjacent to an activating group) is 1. The van der Waals surface area contributed by atoms with Crippen LogP contribution in [0.2, 0.25) is 0 Å². The Bertz CT molecular complexity index is 853. The van der Waals surface area contributed by atoms with Crippen LogP contribution in [0.25, 0.3) is 0 Å². The summed E-state index contributed by atoms with van der Waals surface area (Å²) in [5, 5.41) is 15.8. The monoisotopic (exact) mass is 431 g/mol. The zero-order valence-corrected chi connectivity index (χ0v) is 16.0. The maximum absolute atomic E-state index is 13.4. The Labute approximate surface area is 169 Å². The topological polar surface area (TPSA) is 96.9 Å². The van der Waals surface area contributed by atoms with Gasteiger partial charge in [-0.15, -0.1) is 0 Å². The van der Waals surface area contributed by atoms with Crippen molar-refractivity contribution < 1.29 is 32.3 Å². The van der Waals surface area contributed by atoms with E-state index in [2.05, 4.69) is 16.1 Å². The fraction of sp³-hybridized carbons (Fsp3) is 0.444. The van der Waals surface area contributed by atoms with Gasteiger partial charge >= 0.3 is 12.2 Å². The minimum Gasteiger partial charge on any atom is -0.393 e. The summed E-state index contributed by atoms with van der Waals surface area (Å²) in [5.41, 5.74) is 1.19. The highest BCUT2D eigenvalue weighted by molar-refractivity contribution is 6.03. The van der Waals surface area contributed by atoms with Crippen molar-refractivity contribution in [2.75, 3.05) is 25.5 Å². The summed E-state index contributed by atoms with van der Waals surface area (Å²) in [6.45, 7) is 0.803. The molecule has 8 nitrogen and oxygen atoms in total. The van der Waals surface area contributed by atoms with Crippen LogP contribution >= 0.6 is 0 Å². The lowest BCUT2D eigenvalue weighted by Gasteiger charge is -2.30. The summed E-state index contributed by atoms with van der Waals surface area (Å²) in [4.78, 5) is 26.3. The first-order valence-electron chi connectivity index (χ1n) is 9.18. The fourth-order valence-electron chi connectivity index (χ4n) is 3.20. The molecule has 2 aliphatic rings. The molecule has 0 radical (unpaired) electrons. The van der Waals surface area contributed by atoms with Gasteiger partial charge in [0.05, 0.1) is 11.7 Å². The number of amides is 3. The van der Waals surface area contributed by atoms with E-state index in [0.29, 0.717) is 38.1 Å². The molecular formula is C18H21F4N5O3. The molecular weight excluding hydrogens is 410 g/mol. The number of halogens is 4. The van der Waals surface area contributed by atoms with E-state index in [1.165, 1.54) is 23.0 Å². The number of aliphatic hydroxyl groups is 1. The lowest BCUT2D eigenvalue weighted by Crippen LogP contribution is -2.52. The number of aliphatic hydroxyl groups excluding tert-OH is 1. The number of anilines is 1. The Kier molecular flexibility index (Phi) is 6.17. The number of carbonyl (C=O) groups excluding carboxylic acids is 2. The molecule has 12 heteroatoms. The first-order valence-corrected chi connectivity index (χ1v) is 9.18. The van der Waals surface area contributed by atoms with Crippen LogP contribution in [-0.2, 0) is 11.0 Å². The summed E-state index contributed by atoms with van der Waals surface area (Å²) >= 11 is 0. The van der Waals surface area contributed by atoms with Crippen LogP contribution in [0.3, 0.4) is 0 Å². The predicted octanol–water partition coefficient (Wildman–Crippen LogP) is 1.61. The maximum Gasteiger partial charge on any atom is 0.419 e. The maximum atomic E-state index is 13.4. The summed E-state index contributed by atoms with van der Waals surface area (Å²) in [6, 6.07) is 1.79. The van der Waals surface area contributed by atoms with Gasteiger partial charge in [-0.05, 0) is 37.1 Å². The van der Waals surface area contributed by atoms with E-state index in [4.69, 9.17) is 0 Å². The zero-order valence-electron chi connectivity index (χ0n) is 16.0. The molecule has 30 heavy (non-hydrogen) atoms. The van der Waals surface area contributed by atoms with E-state index in [0.717, 1.165) is 6.07 Å². The SMILES string of the molecule is CN1NC(NC(=O)N2CCC(O)CC2)C=C1C(=O)Nc1ccc(F)c(C(F)(F)F)c1. The van der Waals surface area contributed by atoms with Crippen molar-refractivity contribution in [3.63, 3.8) is 0 Å². The normalized spacial score (nSPS) is 20.2. The Morgan fingerprint density at radius 3 is 2.53 bits per heavy atom. The number of hydrazine groups is 1. The standard InChI is InChI=1S/C18H21F4N5O3/c1-26-14(9-15(25-26)24-17(30)27-6-4-11(28)5-7-27)16(29)23-10-2-3-13(19)12(8-10)18(20,21)22/h2-3,8-9,11,15,25,28H,4-7H2,1H3,(H,23,29)(H,24,30). The lowest BCUT2D eigenvalue weighted by atomic mass is 10.1. The number of rotatable bonds is 3. The van der Waals surface area contributed by atoms with Crippen molar-refractivity contribution in [2.45, 2.75) is 31.3 Å². The molecule has 1 saturated heterocycles. The van der Waals surface area contributed by atoms with Crippen molar-refractivity contribution >= 4 is 17.6 Å². The quantitative estimate of drug-likeness (QED) is 0.546. The second kappa shape index (κ2) is 8.48. The molecule has 0 spiro atoms. The molecule has 4 N–H and O–H groups in total. The van der Waals surface area contributed by atoms with Gasteiger partial charge in [0, 0.05) is 25.8 Å². The largest absolute Gasteiger partial charge is 0.419 e. The Hall–Kier alpha value is -2.86. The first kappa shape index (κ1) is 21.8. The van der Waals surface area contributed by atoms with Gasteiger partial charge in [-0.1, -0.05) is 0 Å². The number of benzene rings is 1. The van der Waals surface area contributed by atoms with E-state index >= 15 is 0 Å². The number of nitrogens with zero attached hydrogens (tertiary/aromatic N) is 2. The molecule has 0 bridgehead atoms. The van der Waals surface area contributed by atoms with Gasteiger partial charge in [-0.2, -0.15) is 13.2 Å². The van der Waals surface area contributed by atoms with Crippen molar-refractivity contribution in [1.29, 1.82) is 0 Å². The molecule has 0 aliphatic carbocycles. The average molecular weight is 431 g/mol. The van der Waals surface area contributed by atoms with Gasteiger partial charge in [0.1, 0.15) is 17.7 Å². The van der Waals surface area contributed by atoms with Crippen LogP contribution in [0, 0.1) is 5.82 Å². The van der Waals surface area contributed by atoms with Crippen molar-refractivity contribution in [3.8, 4) is 0 Å². The van der Waals surface area contributed by atoms with Gasteiger partial charge in [-0.3, -0.25) is 4.79 Å². The molecule has 1 aromatic carbocycles. The Morgan fingerprint density at radius 2 is 1.90 bits per heavy atom. The van der Waals surface area contributed by atoms with E-state index in [9.17, 15) is 32.3 Å². The smallest absolute Gasteiger partial charge is 0.393 e. The van der Waals surface area contributed by atoms with Crippen LogP contribution < -0.4 is 16.1 Å². The van der Waals surface area contributed by atoms with Gasteiger partial charge in [0.25, 0.3) is 5.91 Å². The molecule has 1 fully saturated rings. The molecule has 1 atom stereocenters. The number of hydrogen-bond acceptors (Lipinski definition) is 5. The third kappa shape index (κ3) is 5.00. The van der Waals surface area contributed by atoms with E-state index < -0.39 is 35.7 Å². The average Bonchev–Trinajstić information content (AvgIpc) is 3.03. The van der Waals surface area contributed by atoms with E-state index in [1.54, 1.807) is 0 Å². The minimum absolute atomic E-state index is 0.0623.